The van der Waals surface area contributed by atoms with E-state index in [2.05, 4.69) is 15.5 Å². The Hall–Kier alpha value is -1.75. The summed E-state index contributed by atoms with van der Waals surface area (Å²) in [5.74, 6) is 0.526. The van der Waals surface area contributed by atoms with Gasteiger partial charge in [-0.1, -0.05) is 16.8 Å². The average Bonchev–Trinajstić information content (AvgIpc) is 3.00. The Morgan fingerprint density at radius 2 is 2.33 bits per heavy atom. The highest BCUT2D eigenvalue weighted by molar-refractivity contribution is 5.55. The smallest absolute Gasteiger partial charge is 0.260 e. The van der Waals surface area contributed by atoms with Crippen molar-refractivity contribution in [2.45, 2.75) is 25.8 Å². The van der Waals surface area contributed by atoms with Gasteiger partial charge < -0.3 is 9.84 Å². The summed E-state index contributed by atoms with van der Waals surface area (Å²) < 4.78 is 18.9. The lowest BCUT2D eigenvalue weighted by Crippen LogP contribution is -2.14. The second-order valence-electron chi connectivity index (χ2n) is 4.59. The van der Waals surface area contributed by atoms with Gasteiger partial charge in [0.1, 0.15) is 5.82 Å². The maximum Gasteiger partial charge on any atom is 0.260 e. The Morgan fingerprint density at radius 1 is 1.44 bits per heavy atom. The van der Waals surface area contributed by atoms with E-state index < -0.39 is 0 Å². The molecule has 2 aromatic rings. The third-order valence-electron chi connectivity index (χ3n) is 3.17. The second kappa shape index (κ2) is 4.49. The van der Waals surface area contributed by atoms with Gasteiger partial charge in [0.2, 0.25) is 0 Å². The van der Waals surface area contributed by atoms with Crippen LogP contribution < -0.4 is 5.32 Å². The molecule has 0 radical (unpaired) electrons. The normalized spacial score (nSPS) is 19.3. The number of aromatic nitrogens is 2. The van der Waals surface area contributed by atoms with Crippen molar-refractivity contribution in [3.05, 3.63) is 35.4 Å². The lowest BCUT2D eigenvalue weighted by atomic mass is 10.1. The van der Waals surface area contributed by atoms with Crippen LogP contribution in [0.3, 0.4) is 0 Å². The van der Waals surface area contributed by atoms with Crippen molar-refractivity contribution >= 4 is 0 Å². The molecule has 2 heterocycles. The average molecular weight is 247 g/mol. The first-order valence-corrected chi connectivity index (χ1v) is 6.07. The van der Waals surface area contributed by atoms with Gasteiger partial charge in [0.25, 0.3) is 5.89 Å². The van der Waals surface area contributed by atoms with Crippen molar-refractivity contribution < 1.29 is 8.91 Å². The maximum atomic E-state index is 13.7. The van der Waals surface area contributed by atoms with E-state index >= 15 is 0 Å². The molecule has 1 aliphatic rings. The number of benzene rings is 1. The first-order valence-electron chi connectivity index (χ1n) is 6.07. The molecule has 1 aromatic carbocycles. The molecule has 94 valence electrons. The summed E-state index contributed by atoms with van der Waals surface area (Å²) in [5.41, 5.74) is 1.33. The molecule has 1 atom stereocenters. The quantitative estimate of drug-likeness (QED) is 0.886. The molecule has 0 amide bonds. The summed E-state index contributed by atoms with van der Waals surface area (Å²) in [4.78, 5) is 4.28. The van der Waals surface area contributed by atoms with E-state index in [1.165, 1.54) is 6.07 Å². The molecule has 0 saturated carbocycles. The Bertz CT molecular complexity index is 561. The second-order valence-corrected chi connectivity index (χ2v) is 4.59. The summed E-state index contributed by atoms with van der Waals surface area (Å²) in [7, 11) is 0. The maximum absolute atomic E-state index is 13.7. The lowest BCUT2D eigenvalue weighted by molar-refractivity contribution is 0.410. The first kappa shape index (κ1) is 11.3. The fourth-order valence-corrected chi connectivity index (χ4v) is 2.19. The van der Waals surface area contributed by atoms with E-state index in [1.54, 1.807) is 12.1 Å². The summed E-state index contributed by atoms with van der Waals surface area (Å²) in [6.45, 7) is 2.87. The van der Waals surface area contributed by atoms with Gasteiger partial charge in [0.05, 0.1) is 11.6 Å². The molecule has 1 N–H and O–H groups in total. The third-order valence-corrected chi connectivity index (χ3v) is 3.17. The molecular formula is C13H14FN3O. The van der Waals surface area contributed by atoms with Crippen LogP contribution in [0.5, 0.6) is 0 Å². The predicted octanol–water partition coefficient (Wildman–Crippen LogP) is 2.61. The predicted molar refractivity (Wildman–Crippen MR) is 64.4 cm³/mol. The minimum Gasteiger partial charge on any atom is -0.334 e. The van der Waals surface area contributed by atoms with Crippen molar-refractivity contribution in [1.29, 1.82) is 0 Å². The van der Waals surface area contributed by atoms with Crippen LogP contribution in [0.1, 0.15) is 30.3 Å². The van der Waals surface area contributed by atoms with Gasteiger partial charge >= 0.3 is 0 Å². The zero-order chi connectivity index (χ0) is 12.5. The highest BCUT2D eigenvalue weighted by Crippen LogP contribution is 2.26. The molecule has 0 aliphatic carbocycles. The van der Waals surface area contributed by atoms with Gasteiger partial charge in [-0.3, -0.25) is 0 Å². The SMILES string of the molecule is Cc1ccc(F)c(-c2nc(C3CCCN3)no2)c1. The molecule has 1 aromatic heterocycles. The molecule has 1 saturated heterocycles. The van der Waals surface area contributed by atoms with Crippen molar-refractivity contribution in [3.8, 4) is 11.5 Å². The summed E-state index contributed by atoms with van der Waals surface area (Å²) in [6, 6.07) is 4.99. The molecule has 18 heavy (non-hydrogen) atoms. The zero-order valence-corrected chi connectivity index (χ0v) is 10.1. The Labute approximate surface area is 104 Å². The van der Waals surface area contributed by atoms with E-state index in [-0.39, 0.29) is 17.7 Å². The van der Waals surface area contributed by atoms with Crippen molar-refractivity contribution in [2.75, 3.05) is 6.54 Å². The minimum absolute atomic E-state index is 0.135. The van der Waals surface area contributed by atoms with Gasteiger partial charge in [-0.2, -0.15) is 4.98 Å². The van der Waals surface area contributed by atoms with E-state index in [9.17, 15) is 4.39 Å². The van der Waals surface area contributed by atoms with E-state index in [0.717, 1.165) is 24.9 Å². The van der Waals surface area contributed by atoms with Gasteiger partial charge in [-0.15, -0.1) is 0 Å². The van der Waals surface area contributed by atoms with E-state index in [1.807, 2.05) is 6.92 Å². The molecule has 5 heteroatoms. The summed E-state index contributed by atoms with van der Waals surface area (Å²) in [6.07, 6.45) is 2.10. The van der Waals surface area contributed by atoms with Gasteiger partial charge in [0, 0.05) is 0 Å². The van der Waals surface area contributed by atoms with Crippen molar-refractivity contribution in [3.63, 3.8) is 0 Å². The van der Waals surface area contributed by atoms with Crippen LogP contribution in [0, 0.1) is 12.7 Å². The molecule has 0 spiro atoms. The number of hydrogen-bond acceptors (Lipinski definition) is 4. The van der Waals surface area contributed by atoms with E-state index in [4.69, 9.17) is 4.52 Å². The molecule has 1 fully saturated rings. The van der Waals surface area contributed by atoms with Gasteiger partial charge in [-0.05, 0) is 38.4 Å². The van der Waals surface area contributed by atoms with E-state index in [0.29, 0.717) is 11.4 Å². The molecule has 4 nitrogen and oxygen atoms in total. The third kappa shape index (κ3) is 2.01. The topological polar surface area (TPSA) is 51.0 Å². The number of rotatable bonds is 2. The fraction of sp³-hybridized carbons (Fsp3) is 0.385. The minimum atomic E-state index is -0.338. The molecular weight excluding hydrogens is 233 g/mol. The van der Waals surface area contributed by atoms with Gasteiger partial charge in [0.15, 0.2) is 5.82 Å². The van der Waals surface area contributed by atoms with Gasteiger partial charge in [-0.25, -0.2) is 4.39 Å². The number of nitrogens with one attached hydrogen (secondary N) is 1. The van der Waals surface area contributed by atoms with Crippen LogP contribution in [-0.2, 0) is 0 Å². The molecule has 0 bridgehead atoms. The molecule has 1 unspecified atom stereocenters. The van der Waals surface area contributed by atoms with Crippen molar-refractivity contribution in [1.82, 2.24) is 15.5 Å². The summed E-state index contributed by atoms with van der Waals surface area (Å²) in [5, 5.41) is 7.21. The first-order chi connectivity index (χ1) is 8.74. The number of halogens is 1. The highest BCUT2D eigenvalue weighted by atomic mass is 19.1. The Kier molecular flexibility index (Phi) is 2.83. The zero-order valence-electron chi connectivity index (χ0n) is 10.1. The Morgan fingerprint density at radius 3 is 3.11 bits per heavy atom. The fourth-order valence-electron chi connectivity index (χ4n) is 2.19. The standard InChI is InChI=1S/C13H14FN3O/c1-8-4-5-10(14)9(7-8)13-16-12(17-18-13)11-3-2-6-15-11/h4-5,7,11,15H,2-3,6H2,1H3. The van der Waals surface area contributed by atoms with Crippen LogP contribution >= 0.6 is 0 Å². The number of nitrogens with zero attached hydrogens (tertiary/aromatic N) is 2. The van der Waals surface area contributed by atoms with Crippen LogP contribution in [-0.4, -0.2) is 16.7 Å². The molecule has 3 rings (SSSR count). The summed E-state index contributed by atoms with van der Waals surface area (Å²) >= 11 is 0. The number of aryl methyl sites for hydroxylation is 1. The highest BCUT2D eigenvalue weighted by Gasteiger charge is 2.22. The monoisotopic (exact) mass is 247 g/mol. The Balaban J connectivity index is 1.94. The number of hydrogen-bond donors (Lipinski definition) is 1. The largest absolute Gasteiger partial charge is 0.334 e. The van der Waals surface area contributed by atoms with Crippen LogP contribution in [0.15, 0.2) is 22.7 Å². The lowest BCUT2D eigenvalue weighted by Gasteiger charge is -2.02. The van der Waals surface area contributed by atoms with Crippen LogP contribution in [0.25, 0.3) is 11.5 Å². The molecule has 1 aliphatic heterocycles. The van der Waals surface area contributed by atoms with Crippen LogP contribution in [0.2, 0.25) is 0 Å². The van der Waals surface area contributed by atoms with Crippen LogP contribution in [0.4, 0.5) is 4.39 Å². The van der Waals surface area contributed by atoms with Crippen molar-refractivity contribution in [2.24, 2.45) is 0 Å².